The van der Waals surface area contributed by atoms with Gasteiger partial charge in [-0.3, -0.25) is 0 Å². The van der Waals surface area contributed by atoms with Crippen molar-refractivity contribution < 1.29 is 5.11 Å². The van der Waals surface area contributed by atoms with Gasteiger partial charge in [0.2, 0.25) is 0 Å². The second kappa shape index (κ2) is 7.21. The van der Waals surface area contributed by atoms with E-state index in [4.69, 9.17) is 6.42 Å². The van der Waals surface area contributed by atoms with Gasteiger partial charge in [0.25, 0.3) is 0 Å². The molecule has 0 aromatic heterocycles. The van der Waals surface area contributed by atoms with Crippen LogP contribution in [0.25, 0.3) is 0 Å². The van der Waals surface area contributed by atoms with Crippen LogP contribution in [0.5, 0.6) is 0 Å². The van der Waals surface area contributed by atoms with E-state index < -0.39 is 5.60 Å². The van der Waals surface area contributed by atoms with Crippen LogP contribution in [0, 0.1) is 18.3 Å². The van der Waals surface area contributed by atoms with Gasteiger partial charge in [-0.2, -0.15) is 0 Å². The third kappa shape index (κ3) is 3.24. The second-order valence-corrected chi connectivity index (χ2v) is 6.69. The Kier molecular flexibility index (Phi) is 5.04. The summed E-state index contributed by atoms with van der Waals surface area (Å²) in [6.45, 7) is 2.14. The molecule has 2 N–H and O–H groups in total. The molecule has 2 nitrogen and oxygen atoms in total. The van der Waals surface area contributed by atoms with Gasteiger partial charge >= 0.3 is 0 Å². The van der Waals surface area contributed by atoms with Crippen LogP contribution in [-0.2, 0) is 0 Å². The number of benzene rings is 2. The molecule has 0 radical (unpaired) electrons. The summed E-state index contributed by atoms with van der Waals surface area (Å²) < 4.78 is 0. The Hall–Kier alpha value is -2.08. The molecule has 0 saturated carbocycles. The van der Waals surface area contributed by atoms with Gasteiger partial charge < -0.3 is 10.4 Å². The van der Waals surface area contributed by atoms with Crippen molar-refractivity contribution in [3.8, 4) is 12.3 Å². The molecule has 2 heteroatoms. The Bertz CT molecular complexity index is 691. The van der Waals surface area contributed by atoms with Crippen molar-refractivity contribution in [2.75, 3.05) is 0 Å². The maximum absolute atomic E-state index is 11.3. The monoisotopic (exact) mass is 319 g/mol. The van der Waals surface area contributed by atoms with E-state index in [1.165, 1.54) is 11.1 Å². The third-order valence-corrected chi connectivity index (χ3v) is 5.12. The Morgan fingerprint density at radius 3 is 2.21 bits per heavy atom. The predicted octanol–water partition coefficient (Wildman–Crippen LogP) is 4.24. The minimum Gasteiger partial charge on any atom is -0.377 e. The Morgan fingerprint density at radius 1 is 1.08 bits per heavy atom. The number of rotatable bonds is 4. The van der Waals surface area contributed by atoms with Gasteiger partial charge in [-0.05, 0) is 17.5 Å². The lowest BCUT2D eigenvalue weighted by molar-refractivity contribution is -0.0316. The van der Waals surface area contributed by atoms with E-state index in [0.29, 0.717) is 6.42 Å². The van der Waals surface area contributed by atoms with E-state index >= 15 is 0 Å². The molecule has 0 spiro atoms. The summed E-state index contributed by atoms with van der Waals surface area (Å²) in [4.78, 5) is 0. The van der Waals surface area contributed by atoms with Crippen molar-refractivity contribution in [1.29, 1.82) is 0 Å². The normalized spacial score (nSPS) is 29.8. The highest BCUT2D eigenvalue weighted by atomic mass is 16.3. The molecular formula is C22H25NO. The number of hydrogen-bond acceptors (Lipinski definition) is 2. The van der Waals surface area contributed by atoms with Crippen LogP contribution in [0.4, 0.5) is 0 Å². The van der Waals surface area contributed by atoms with Crippen molar-refractivity contribution >= 4 is 0 Å². The van der Waals surface area contributed by atoms with Crippen LogP contribution in [0.1, 0.15) is 49.4 Å². The minimum atomic E-state index is -1.09. The van der Waals surface area contributed by atoms with E-state index in [1.807, 2.05) is 36.4 Å². The molecule has 3 rings (SSSR count). The largest absolute Gasteiger partial charge is 0.377 e. The molecule has 1 heterocycles. The van der Waals surface area contributed by atoms with Crippen molar-refractivity contribution in [2.45, 2.75) is 43.9 Å². The van der Waals surface area contributed by atoms with E-state index in [9.17, 15) is 5.11 Å². The second-order valence-electron chi connectivity index (χ2n) is 6.69. The fraction of sp³-hybridized carbons (Fsp3) is 0.364. The molecule has 1 fully saturated rings. The van der Waals surface area contributed by atoms with E-state index in [2.05, 4.69) is 42.4 Å². The summed E-state index contributed by atoms with van der Waals surface area (Å²) in [6.07, 6.45) is 8.25. The lowest BCUT2D eigenvalue weighted by Crippen LogP contribution is -2.52. The van der Waals surface area contributed by atoms with Gasteiger partial charge in [0, 0.05) is 24.4 Å². The molecule has 4 unspecified atom stereocenters. The third-order valence-electron chi connectivity index (χ3n) is 5.12. The standard InChI is InChI=1S/C22H25NO/c1-3-11-19-21(18-14-9-6-10-15-18)23-20(16-22(19,24)4-2)17-12-7-5-8-13-17/h2,5-10,12-15,19-21,23-24H,3,11,16H2,1H3. The summed E-state index contributed by atoms with van der Waals surface area (Å²) in [5, 5.41) is 15.0. The minimum absolute atomic E-state index is 0.00913. The smallest absolute Gasteiger partial charge is 0.131 e. The molecule has 1 saturated heterocycles. The van der Waals surface area contributed by atoms with Crippen LogP contribution in [0.3, 0.4) is 0 Å². The first-order chi connectivity index (χ1) is 11.7. The molecule has 4 atom stereocenters. The number of aliphatic hydroxyl groups is 1. The first-order valence-corrected chi connectivity index (χ1v) is 8.74. The maximum Gasteiger partial charge on any atom is 0.131 e. The zero-order chi connectivity index (χ0) is 17.0. The van der Waals surface area contributed by atoms with Crippen LogP contribution >= 0.6 is 0 Å². The van der Waals surface area contributed by atoms with E-state index in [1.54, 1.807) is 0 Å². The highest BCUT2D eigenvalue weighted by Crippen LogP contribution is 2.45. The zero-order valence-corrected chi connectivity index (χ0v) is 14.2. The summed E-state index contributed by atoms with van der Waals surface area (Å²) in [5.41, 5.74) is 1.26. The van der Waals surface area contributed by atoms with Crippen LogP contribution in [-0.4, -0.2) is 10.7 Å². The fourth-order valence-electron chi connectivity index (χ4n) is 3.90. The van der Waals surface area contributed by atoms with Gasteiger partial charge in [-0.15, -0.1) is 6.42 Å². The van der Waals surface area contributed by atoms with Crippen molar-refractivity contribution in [3.63, 3.8) is 0 Å². The van der Waals surface area contributed by atoms with Crippen molar-refractivity contribution in [1.82, 2.24) is 5.32 Å². The lowest BCUT2D eigenvalue weighted by atomic mass is 9.69. The first kappa shape index (κ1) is 16.8. The number of piperidine rings is 1. The quantitative estimate of drug-likeness (QED) is 0.826. The predicted molar refractivity (Wildman–Crippen MR) is 98.3 cm³/mol. The molecule has 24 heavy (non-hydrogen) atoms. The first-order valence-electron chi connectivity index (χ1n) is 8.74. The van der Waals surface area contributed by atoms with Gasteiger partial charge in [0.05, 0.1) is 0 Å². The van der Waals surface area contributed by atoms with Crippen molar-refractivity contribution in [2.24, 2.45) is 5.92 Å². The number of nitrogens with one attached hydrogen (secondary N) is 1. The molecule has 0 aliphatic carbocycles. The lowest BCUT2D eigenvalue weighted by Gasteiger charge is -2.46. The maximum atomic E-state index is 11.3. The van der Waals surface area contributed by atoms with E-state index in [0.717, 1.165) is 12.8 Å². The van der Waals surface area contributed by atoms with E-state index in [-0.39, 0.29) is 18.0 Å². The highest BCUT2D eigenvalue weighted by molar-refractivity contribution is 5.30. The van der Waals surface area contributed by atoms with Crippen LogP contribution in [0.2, 0.25) is 0 Å². The van der Waals surface area contributed by atoms with Gasteiger partial charge in [0.15, 0.2) is 0 Å². The zero-order valence-electron chi connectivity index (χ0n) is 14.2. The summed E-state index contributed by atoms with van der Waals surface area (Å²) in [6, 6.07) is 20.7. The number of terminal acetylenes is 1. The van der Waals surface area contributed by atoms with Crippen molar-refractivity contribution in [3.05, 3.63) is 71.8 Å². The summed E-state index contributed by atoms with van der Waals surface area (Å²) in [7, 11) is 0. The van der Waals surface area contributed by atoms with Crippen LogP contribution < -0.4 is 5.32 Å². The van der Waals surface area contributed by atoms with Gasteiger partial charge in [0.1, 0.15) is 5.60 Å². The summed E-state index contributed by atoms with van der Waals surface area (Å²) >= 11 is 0. The fourth-order valence-corrected chi connectivity index (χ4v) is 3.90. The molecule has 124 valence electrons. The topological polar surface area (TPSA) is 32.3 Å². The summed E-state index contributed by atoms with van der Waals surface area (Å²) in [5.74, 6) is 2.74. The Morgan fingerprint density at radius 2 is 1.67 bits per heavy atom. The molecule has 2 aromatic carbocycles. The molecule has 0 amide bonds. The molecular weight excluding hydrogens is 294 g/mol. The SMILES string of the molecule is C#CC1(O)CC(c2ccccc2)NC(c2ccccc2)C1CCC. The molecule has 1 aliphatic rings. The number of hydrogen-bond donors (Lipinski definition) is 2. The molecule has 2 aromatic rings. The Labute approximate surface area is 144 Å². The molecule has 0 bridgehead atoms. The average molecular weight is 319 g/mol. The highest BCUT2D eigenvalue weighted by Gasteiger charge is 2.46. The molecule has 1 aliphatic heterocycles. The van der Waals surface area contributed by atoms with Gasteiger partial charge in [-0.25, -0.2) is 0 Å². The van der Waals surface area contributed by atoms with Crippen LogP contribution in [0.15, 0.2) is 60.7 Å². The van der Waals surface area contributed by atoms with Gasteiger partial charge in [-0.1, -0.05) is 79.9 Å². The average Bonchev–Trinajstić information content (AvgIpc) is 2.65. The Balaban J connectivity index is 2.00.